The van der Waals surface area contributed by atoms with Gasteiger partial charge in [0.15, 0.2) is 0 Å². The van der Waals surface area contributed by atoms with Gasteiger partial charge < -0.3 is 5.11 Å². The molecule has 3 aromatic rings. The fraction of sp³-hybridized carbons (Fsp3) is 0.400. The number of fused-ring (bicyclic) bond motifs is 1. The highest BCUT2D eigenvalue weighted by atomic mass is 19.1. The highest BCUT2D eigenvalue weighted by Gasteiger charge is 2.26. The van der Waals surface area contributed by atoms with Gasteiger partial charge in [-0.1, -0.05) is 48.5 Å². The number of rotatable bonds is 8. The molecule has 1 aliphatic heterocycles. The first-order valence-corrected chi connectivity index (χ1v) is 10.9. The van der Waals surface area contributed by atoms with E-state index >= 15 is 0 Å². The van der Waals surface area contributed by atoms with E-state index in [-0.39, 0.29) is 12.4 Å². The van der Waals surface area contributed by atoms with Crippen LogP contribution < -0.4 is 0 Å². The van der Waals surface area contributed by atoms with Gasteiger partial charge >= 0.3 is 0 Å². The Balaban J connectivity index is 1.35. The van der Waals surface area contributed by atoms with Crippen molar-refractivity contribution in [1.29, 1.82) is 0 Å². The Morgan fingerprint density at radius 1 is 1.00 bits per heavy atom. The van der Waals surface area contributed by atoms with E-state index < -0.39 is 0 Å². The largest absolute Gasteiger partial charge is 0.396 e. The number of aryl methyl sites for hydroxylation is 1. The van der Waals surface area contributed by atoms with Gasteiger partial charge in [0.1, 0.15) is 11.3 Å². The van der Waals surface area contributed by atoms with E-state index in [4.69, 9.17) is 0 Å². The zero-order valence-electron chi connectivity index (χ0n) is 17.4. The first-order valence-electron chi connectivity index (χ1n) is 10.9. The fourth-order valence-electron chi connectivity index (χ4n) is 4.42. The van der Waals surface area contributed by atoms with Crippen LogP contribution in [-0.2, 0) is 13.0 Å². The summed E-state index contributed by atoms with van der Waals surface area (Å²) in [6, 6.07) is 20.0. The van der Waals surface area contributed by atoms with Crippen molar-refractivity contribution in [3.8, 4) is 0 Å². The van der Waals surface area contributed by atoms with Crippen molar-refractivity contribution in [2.45, 2.75) is 31.8 Å². The molecule has 0 saturated carbocycles. The van der Waals surface area contributed by atoms with Crippen LogP contribution in [0.15, 0.2) is 60.7 Å². The molecular weight excluding hydrogens is 377 g/mol. The van der Waals surface area contributed by atoms with E-state index in [1.54, 1.807) is 6.07 Å². The third-order valence-corrected chi connectivity index (χ3v) is 6.02. The zero-order chi connectivity index (χ0) is 20.8. The first kappa shape index (κ1) is 20.9. The van der Waals surface area contributed by atoms with Crippen LogP contribution in [0.1, 0.15) is 24.1 Å². The molecule has 1 N–H and O–H groups in total. The molecule has 2 heterocycles. The monoisotopic (exact) mass is 407 g/mol. The molecule has 5 heteroatoms. The van der Waals surface area contributed by atoms with E-state index in [0.717, 1.165) is 56.5 Å². The number of piperazine rings is 1. The summed E-state index contributed by atoms with van der Waals surface area (Å²) in [6.07, 6.45) is 2.98. The van der Waals surface area contributed by atoms with Gasteiger partial charge in [-0.05, 0) is 43.5 Å². The molecule has 0 aliphatic carbocycles. The van der Waals surface area contributed by atoms with Crippen molar-refractivity contribution in [1.82, 2.24) is 14.8 Å². The fourth-order valence-corrected chi connectivity index (χ4v) is 4.42. The van der Waals surface area contributed by atoms with Crippen molar-refractivity contribution in [3.63, 3.8) is 0 Å². The summed E-state index contributed by atoms with van der Waals surface area (Å²) in [7, 11) is 0. The highest BCUT2D eigenvalue weighted by molar-refractivity contribution is 5.79. The second kappa shape index (κ2) is 10.1. The normalized spacial score (nSPS) is 18.1. The predicted octanol–water partition coefficient (Wildman–Crippen LogP) is 3.88. The molecule has 30 heavy (non-hydrogen) atoms. The Kier molecular flexibility index (Phi) is 7.05. The van der Waals surface area contributed by atoms with Crippen molar-refractivity contribution in [3.05, 3.63) is 77.7 Å². The molecule has 0 bridgehead atoms. The summed E-state index contributed by atoms with van der Waals surface area (Å²) in [5, 5.41) is 10.4. The molecule has 1 aliphatic rings. The van der Waals surface area contributed by atoms with Gasteiger partial charge in [-0.25, -0.2) is 9.37 Å². The minimum absolute atomic E-state index is 0.202. The van der Waals surface area contributed by atoms with Gasteiger partial charge in [-0.15, -0.1) is 0 Å². The molecule has 4 rings (SSSR count). The lowest BCUT2D eigenvalue weighted by Crippen LogP contribution is -2.53. The molecule has 1 unspecified atom stereocenters. The van der Waals surface area contributed by atoms with E-state index in [1.807, 2.05) is 18.2 Å². The summed E-state index contributed by atoms with van der Waals surface area (Å²) in [5.41, 5.74) is 2.72. The molecule has 1 aromatic heterocycles. The molecule has 158 valence electrons. The van der Waals surface area contributed by atoms with Crippen LogP contribution in [-0.4, -0.2) is 58.7 Å². The molecule has 1 saturated heterocycles. The summed E-state index contributed by atoms with van der Waals surface area (Å²) in [4.78, 5) is 9.46. The van der Waals surface area contributed by atoms with Gasteiger partial charge in [0.2, 0.25) is 0 Å². The third-order valence-electron chi connectivity index (χ3n) is 6.02. The van der Waals surface area contributed by atoms with Crippen molar-refractivity contribution in [2.24, 2.45) is 0 Å². The van der Waals surface area contributed by atoms with Gasteiger partial charge in [0.25, 0.3) is 0 Å². The summed E-state index contributed by atoms with van der Waals surface area (Å²) >= 11 is 0. The zero-order valence-corrected chi connectivity index (χ0v) is 17.4. The third kappa shape index (κ3) is 5.22. The van der Waals surface area contributed by atoms with Gasteiger partial charge in [0, 0.05) is 44.2 Å². The smallest absolute Gasteiger partial charge is 0.149 e. The van der Waals surface area contributed by atoms with Gasteiger partial charge in [-0.3, -0.25) is 9.80 Å². The van der Waals surface area contributed by atoms with Crippen molar-refractivity contribution in [2.75, 3.05) is 32.8 Å². The van der Waals surface area contributed by atoms with Crippen LogP contribution in [0.5, 0.6) is 0 Å². The quantitative estimate of drug-likeness (QED) is 0.615. The summed E-state index contributed by atoms with van der Waals surface area (Å²) in [5.74, 6) is -0.268. The SMILES string of the molecule is OCCC1CN(Cc2ccc3cccc(F)c3n2)CCN1CCCc1ccccc1. The maximum absolute atomic E-state index is 14.1. The molecule has 1 atom stereocenters. The molecular formula is C25H30FN3O. The Morgan fingerprint density at radius 3 is 2.70 bits per heavy atom. The number of aliphatic hydroxyl groups excluding tert-OH is 1. The Labute approximate surface area is 178 Å². The van der Waals surface area contributed by atoms with Gasteiger partial charge in [0.05, 0.1) is 5.69 Å². The highest BCUT2D eigenvalue weighted by Crippen LogP contribution is 2.19. The lowest BCUT2D eigenvalue weighted by molar-refractivity contribution is 0.0541. The Morgan fingerprint density at radius 2 is 1.87 bits per heavy atom. The molecule has 0 spiro atoms. The van der Waals surface area contributed by atoms with Crippen LogP contribution in [0.25, 0.3) is 10.9 Å². The van der Waals surface area contributed by atoms with Crippen molar-refractivity contribution >= 4 is 10.9 Å². The first-order chi connectivity index (χ1) is 14.7. The molecule has 1 fully saturated rings. The average Bonchev–Trinajstić information content (AvgIpc) is 2.77. The van der Waals surface area contributed by atoms with E-state index in [2.05, 4.69) is 45.1 Å². The molecule has 4 nitrogen and oxygen atoms in total. The van der Waals surface area contributed by atoms with Gasteiger partial charge in [-0.2, -0.15) is 0 Å². The van der Waals surface area contributed by atoms with Crippen LogP contribution in [0.2, 0.25) is 0 Å². The number of aromatic nitrogens is 1. The lowest BCUT2D eigenvalue weighted by atomic mass is 10.1. The number of halogens is 1. The number of aliphatic hydroxyl groups is 1. The van der Waals surface area contributed by atoms with Crippen LogP contribution in [0.4, 0.5) is 4.39 Å². The van der Waals surface area contributed by atoms with Crippen LogP contribution in [0, 0.1) is 5.82 Å². The number of para-hydroxylation sites is 1. The number of pyridine rings is 1. The predicted molar refractivity (Wildman–Crippen MR) is 119 cm³/mol. The standard InChI is InChI=1S/C25H30FN3O/c26-24-10-4-9-21-11-12-22(27-25(21)24)18-28-15-16-29(23(19-28)13-17-30)14-5-8-20-6-2-1-3-7-20/h1-4,6-7,9-12,23,30H,5,8,13-19H2. The van der Waals surface area contributed by atoms with E-state index in [9.17, 15) is 9.50 Å². The molecule has 0 radical (unpaired) electrons. The maximum atomic E-state index is 14.1. The van der Waals surface area contributed by atoms with Crippen molar-refractivity contribution < 1.29 is 9.50 Å². The summed E-state index contributed by atoms with van der Waals surface area (Å²) in [6.45, 7) is 4.82. The number of benzene rings is 2. The number of hydrogen-bond donors (Lipinski definition) is 1. The lowest BCUT2D eigenvalue weighted by Gasteiger charge is -2.41. The summed E-state index contributed by atoms with van der Waals surface area (Å²) < 4.78 is 14.1. The topological polar surface area (TPSA) is 39.6 Å². The van der Waals surface area contributed by atoms with E-state index in [0.29, 0.717) is 18.1 Å². The molecule has 0 amide bonds. The van der Waals surface area contributed by atoms with Crippen LogP contribution in [0.3, 0.4) is 0 Å². The Hall–Kier alpha value is -2.34. The minimum Gasteiger partial charge on any atom is -0.396 e. The molecule has 2 aromatic carbocycles. The average molecular weight is 408 g/mol. The maximum Gasteiger partial charge on any atom is 0.149 e. The minimum atomic E-state index is -0.268. The number of hydrogen-bond acceptors (Lipinski definition) is 4. The Bertz CT molecular complexity index is 950. The number of nitrogens with zero attached hydrogens (tertiary/aromatic N) is 3. The second-order valence-electron chi connectivity index (χ2n) is 8.14. The van der Waals surface area contributed by atoms with E-state index in [1.165, 1.54) is 11.6 Å². The van der Waals surface area contributed by atoms with Crippen LogP contribution >= 0.6 is 0 Å². The second-order valence-corrected chi connectivity index (χ2v) is 8.14.